The highest BCUT2D eigenvalue weighted by atomic mass is 79.9. The predicted molar refractivity (Wildman–Crippen MR) is 67.3 cm³/mol. The number of halogens is 3. The lowest BCUT2D eigenvalue weighted by Gasteiger charge is -2.13. The van der Waals surface area contributed by atoms with Gasteiger partial charge >= 0.3 is 0 Å². The van der Waals surface area contributed by atoms with E-state index in [4.69, 9.17) is 5.73 Å². The minimum Gasteiger partial charge on any atom is -0.505 e. The Balaban J connectivity index is 0.00000128. The molecule has 1 aliphatic carbocycles. The molecule has 0 amide bonds. The van der Waals surface area contributed by atoms with Crippen molar-refractivity contribution in [3.63, 3.8) is 0 Å². The third-order valence-corrected chi connectivity index (χ3v) is 3.40. The topological polar surface area (TPSA) is 46.2 Å². The minimum absolute atomic E-state index is 0. The maximum atomic E-state index is 13.4. The maximum Gasteiger partial charge on any atom is 0.179 e. The normalized spacial score (nSPS) is 16.7. The van der Waals surface area contributed by atoms with Gasteiger partial charge in [-0.25, -0.2) is 4.39 Å². The van der Waals surface area contributed by atoms with E-state index in [1.807, 2.05) is 0 Å². The summed E-state index contributed by atoms with van der Waals surface area (Å²) in [5, 5.41) is 9.60. The van der Waals surface area contributed by atoms with E-state index in [0.29, 0.717) is 11.5 Å². The molecule has 2 nitrogen and oxygen atoms in total. The van der Waals surface area contributed by atoms with Gasteiger partial charge in [0, 0.05) is 11.6 Å². The highest BCUT2D eigenvalue weighted by Gasteiger charge is 2.26. The largest absolute Gasteiger partial charge is 0.505 e. The van der Waals surface area contributed by atoms with Crippen molar-refractivity contribution in [1.82, 2.24) is 0 Å². The minimum atomic E-state index is -0.626. The van der Waals surface area contributed by atoms with Crippen LogP contribution in [0.5, 0.6) is 5.75 Å². The van der Waals surface area contributed by atoms with Crippen LogP contribution in [0.15, 0.2) is 16.6 Å². The number of hydrogen-bond acceptors (Lipinski definition) is 2. The molecule has 2 rings (SSSR count). The molecular formula is C11H14BrClFNO. The Morgan fingerprint density at radius 1 is 1.50 bits per heavy atom. The maximum absolute atomic E-state index is 13.4. The number of hydrogen-bond donors (Lipinski definition) is 2. The van der Waals surface area contributed by atoms with Gasteiger partial charge in [0.15, 0.2) is 11.6 Å². The number of aromatic hydroxyl groups is 1. The van der Waals surface area contributed by atoms with Gasteiger partial charge in [-0.15, -0.1) is 12.4 Å². The number of phenolic OH excluding ortho intramolecular Hbond substituents is 1. The molecule has 1 aliphatic rings. The van der Waals surface area contributed by atoms with Gasteiger partial charge in [-0.3, -0.25) is 0 Å². The predicted octanol–water partition coefficient (Wildman–Crippen LogP) is 3.52. The zero-order valence-electron chi connectivity index (χ0n) is 8.62. The van der Waals surface area contributed by atoms with E-state index in [9.17, 15) is 9.50 Å². The first kappa shape index (κ1) is 13.7. The fraction of sp³-hybridized carbons (Fsp3) is 0.455. The van der Waals surface area contributed by atoms with Crippen LogP contribution >= 0.6 is 28.3 Å². The Bertz CT molecular complexity index is 384. The molecule has 1 atom stereocenters. The summed E-state index contributed by atoms with van der Waals surface area (Å²) >= 11 is 3.02. The average Bonchev–Trinajstić information content (AvgIpc) is 2.98. The first-order valence-electron chi connectivity index (χ1n) is 5.02. The van der Waals surface area contributed by atoms with Crippen molar-refractivity contribution in [1.29, 1.82) is 0 Å². The second-order valence-electron chi connectivity index (χ2n) is 4.08. The smallest absolute Gasteiger partial charge is 0.179 e. The van der Waals surface area contributed by atoms with Gasteiger partial charge < -0.3 is 10.8 Å². The molecule has 0 saturated heterocycles. The molecule has 1 aromatic rings. The summed E-state index contributed by atoms with van der Waals surface area (Å²) in [7, 11) is 0. The van der Waals surface area contributed by atoms with Crippen molar-refractivity contribution < 1.29 is 9.50 Å². The Hall–Kier alpha value is -0.320. The molecule has 90 valence electrons. The first-order valence-corrected chi connectivity index (χ1v) is 5.81. The van der Waals surface area contributed by atoms with Crippen molar-refractivity contribution >= 4 is 28.3 Å². The van der Waals surface area contributed by atoms with Crippen molar-refractivity contribution in [3.8, 4) is 5.75 Å². The third kappa shape index (κ3) is 2.87. The number of nitrogens with two attached hydrogens (primary N) is 1. The fourth-order valence-corrected chi connectivity index (χ4v) is 2.01. The molecule has 3 N–H and O–H groups in total. The lowest BCUT2D eigenvalue weighted by atomic mass is 10.0. The Kier molecular flexibility index (Phi) is 4.59. The SMILES string of the molecule is Cl.N[C@@H](CC1CC1)c1ccc(Br)c(F)c1O. The van der Waals surface area contributed by atoms with Crippen LogP contribution in [0.4, 0.5) is 4.39 Å². The van der Waals surface area contributed by atoms with E-state index in [-0.39, 0.29) is 28.7 Å². The zero-order chi connectivity index (χ0) is 11.0. The number of phenols is 1. The summed E-state index contributed by atoms with van der Waals surface area (Å²) in [6.45, 7) is 0. The molecule has 0 aromatic heterocycles. The van der Waals surface area contributed by atoms with E-state index in [1.54, 1.807) is 12.1 Å². The number of benzene rings is 1. The van der Waals surface area contributed by atoms with Crippen LogP contribution in [0.25, 0.3) is 0 Å². The van der Waals surface area contributed by atoms with Gasteiger partial charge in [-0.1, -0.05) is 18.9 Å². The van der Waals surface area contributed by atoms with E-state index in [0.717, 1.165) is 6.42 Å². The van der Waals surface area contributed by atoms with Crippen LogP contribution in [0.1, 0.15) is 30.9 Å². The zero-order valence-corrected chi connectivity index (χ0v) is 11.0. The van der Waals surface area contributed by atoms with E-state index in [2.05, 4.69) is 15.9 Å². The molecule has 1 saturated carbocycles. The van der Waals surface area contributed by atoms with Gasteiger partial charge in [0.1, 0.15) is 0 Å². The van der Waals surface area contributed by atoms with Crippen LogP contribution < -0.4 is 5.73 Å². The quantitative estimate of drug-likeness (QED) is 0.897. The van der Waals surface area contributed by atoms with Gasteiger partial charge in [0.2, 0.25) is 0 Å². The molecule has 5 heteroatoms. The third-order valence-electron chi connectivity index (χ3n) is 2.78. The Labute approximate surface area is 109 Å². The Morgan fingerprint density at radius 2 is 2.12 bits per heavy atom. The second kappa shape index (κ2) is 5.34. The van der Waals surface area contributed by atoms with Crippen molar-refractivity contribution in [2.75, 3.05) is 0 Å². The lowest BCUT2D eigenvalue weighted by Crippen LogP contribution is -2.11. The van der Waals surface area contributed by atoms with Gasteiger partial charge in [0.05, 0.1) is 4.47 Å². The highest BCUT2D eigenvalue weighted by molar-refractivity contribution is 9.10. The molecule has 1 aromatic carbocycles. The van der Waals surface area contributed by atoms with Crippen LogP contribution in [0.2, 0.25) is 0 Å². The van der Waals surface area contributed by atoms with E-state index in [1.165, 1.54) is 12.8 Å². The van der Waals surface area contributed by atoms with Crippen molar-refractivity contribution in [3.05, 3.63) is 28.0 Å². The van der Waals surface area contributed by atoms with Crippen LogP contribution in [-0.2, 0) is 0 Å². The molecule has 0 bridgehead atoms. The second-order valence-corrected chi connectivity index (χ2v) is 4.94. The molecule has 0 unspecified atom stereocenters. The van der Waals surface area contributed by atoms with Crippen LogP contribution in [0.3, 0.4) is 0 Å². The summed E-state index contributed by atoms with van der Waals surface area (Å²) in [6.07, 6.45) is 3.23. The fourth-order valence-electron chi connectivity index (χ4n) is 1.69. The summed E-state index contributed by atoms with van der Waals surface area (Å²) < 4.78 is 13.6. The van der Waals surface area contributed by atoms with Crippen molar-refractivity contribution in [2.24, 2.45) is 11.7 Å². The first-order chi connectivity index (χ1) is 7.09. The van der Waals surface area contributed by atoms with Gasteiger partial charge in [-0.05, 0) is 34.3 Å². The molecule has 0 radical (unpaired) electrons. The molecule has 0 aliphatic heterocycles. The van der Waals surface area contributed by atoms with Crippen LogP contribution in [-0.4, -0.2) is 5.11 Å². The van der Waals surface area contributed by atoms with Gasteiger partial charge in [0.25, 0.3) is 0 Å². The summed E-state index contributed by atoms with van der Waals surface area (Å²) in [5.41, 5.74) is 6.42. The Morgan fingerprint density at radius 3 is 2.69 bits per heavy atom. The van der Waals surface area contributed by atoms with Crippen molar-refractivity contribution in [2.45, 2.75) is 25.3 Å². The molecule has 1 fully saturated rings. The lowest BCUT2D eigenvalue weighted by molar-refractivity contribution is 0.415. The molecule has 16 heavy (non-hydrogen) atoms. The molecule has 0 spiro atoms. The van der Waals surface area contributed by atoms with E-state index < -0.39 is 5.82 Å². The highest BCUT2D eigenvalue weighted by Crippen LogP contribution is 2.39. The van der Waals surface area contributed by atoms with Crippen LogP contribution in [0, 0.1) is 11.7 Å². The average molecular weight is 311 g/mol. The van der Waals surface area contributed by atoms with E-state index >= 15 is 0 Å². The molecule has 0 heterocycles. The summed E-state index contributed by atoms with van der Waals surface area (Å²) in [5.74, 6) is -0.289. The summed E-state index contributed by atoms with van der Waals surface area (Å²) in [6, 6.07) is 2.99. The number of rotatable bonds is 3. The molecular weight excluding hydrogens is 296 g/mol. The summed E-state index contributed by atoms with van der Waals surface area (Å²) in [4.78, 5) is 0. The standard InChI is InChI=1S/C11H13BrFNO.ClH/c12-8-4-3-7(11(15)10(8)13)9(14)5-6-1-2-6;/h3-4,6,9,15H,1-2,5,14H2;1H/t9-;/m0./s1. The van der Waals surface area contributed by atoms with Gasteiger partial charge in [-0.2, -0.15) is 0 Å². The monoisotopic (exact) mass is 309 g/mol.